The summed E-state index contributed by atoms with van der Waals surface area (Å²) in [7, 11) is 0. The number of ether oxygens (including phenoxy) is 1. The van der Waals surface area contributed by atoms with Crippen LogP contribution in [0.15, 0.2) is 30.5 Å². The molecule has 0 radical (unpaired) electrons. The molecule has 1 aromatic carbocycles. The molecule has 0 aliphatic heterocycles. The van der Waals surface area contributed by atoms with Crippen LogP contribution >= 0.6 is 0 Å². The molecule has 4 nitrogen and oxygen atoms in total. The Labute approximate surface area is 126 Å². The Kier molecular flexibility index (Phi) is 4.68. The van der Waals surface area contributed by atoms with Gasteiger partial charge in [0.1, 0.15) is 6.54 Å². The Balaban J connectivity index is 2.28. The average Bonchev–Trinajstić information content (AvgIpc) is 2.75. The SMILES string of the molecule is CCOC(=O)Cn1cc(CNC(C)(C)C)c2ccccc21. The van der Waals surface area contributed by atoms with Gasteiger partial charge in [0.25, 0.3) is 0 Å². The van der Waals surface area contributed by atoms with Crippen LogP contribution in [0.4, 0.5) is 0 Å². The minimum Gasteiger partial charge on any atom is -0.465 e. The van der Waals surface area contributed by atoms with Gasteiger partial charge in [0.05, 0.1) is 6.61 Å². The van der Waals surface area contributed by atoms with E-state index in [1.165, 1.54) is 10.9 Å². The zero-order valence-electron chi connectivity index (χ0n) is 13.3. The number of nitrogens with zero attached hydrogens (tertiary/aromatic N) is 1. The van der Waals surface area contributed by atoms with Gasteiger partial charge in [0.15, 0.2) is 0 Å². The Bertz CT molecular complexity index is 623. The van der Waals surface area contributed by atoms with E-state index in [1.807, 2.05) is 35.9 Å². The standard InChI is InChI=1S/C17H24N2O2/c1-5-21-16(20)12-19-11-13(10-18-17(2,3)4)14-8-6-7-9-15(14)19/h6-9,11,18H,5,10,12H2,1-4H3. The molecule has 2 rings (SSSR count). The Hall–Kier alpha value is -1.81. The monoisotopic (exact) mass is 288 g/mol. The summed E-state index contributed by atoms with van der Waals surface area (Å²) in [5.41, 5.74) is 2.32. The Morgan fingerprint density at radius 1 is 1.29 bits per heavy atom. The van der Waals surface area contributed by atoms with E-state index in [-0.39, 0.29) is 18.1 Å². The molecule has 1 heterocycles. The molecule has 0 saturated heterocycles. The number of nitrogens with one attached hydrogen (secondary N) is 1. The number of para-hydroxylation sites is 1. The summed E-state index contributed by atoms with van der Waals surface area (Å²) in [6, 6.07) is 8.15. The number of benzene rings is 1. The van der Waals surface area contributed by atoms with Crippen LogP contribution in [0, 0.1) is 0 Å². The van der Waals surface area contributed by atoms with Gasteiger partial charge in [-0.3, -0.25) is 4.79 Å². The van der Waals surface area contributed by atoms with Crippen LogP contribution in [0.1, 0.15) is 33.3 Å². The van der Waals surface area contributed by atoms with Crippen molar-refractivity contribution in [2.45, 2.75) is 46.3 Å². The van der Waals surface area contributed by atoms with Crippen LogP contribution in [0.3, 0.4) is 0 Å². The summed E-state index contributed by atoms with van der Waals surface area (Å²) in [5, 5.41) is 4.67. The predicted octanol–water partition coefficient (Wildman–Crippen LogP) is 3.09. The molecule has 21 heavy (non-hydrogen) atoms. The minimum absolute atomic E-state index is 0.0599. The highest BCUT2D eigenvalue weighted by Crippen LogP contribution is 2.22. The molecule has 2 aromatic rings. The van der Waals surface area contributed by atoms with Crippen LogP contribution in [0.5, 0.6) is 0 Å². The number of rotatable bonds is 5. The van der Waals surface area contributed by atoms with Crippen LogP contribution < -0.4 is 5.32 Å². The van der Waals surface area contributed by atoms with Gasteiger partial charge in [-0.1, -0.05) is 18.2 Å². The maximum Gasteiger partial charge on any atom is 0.325 e. The van der Waals surface area contributed by atoms with E-state index in [0.29, 0.717) is 6.61 Å². The molecule has 0 fully saturated rings. The molecule has 0 unspecified atom stereocenters. The number of esters is 1. The normalized spacial score (nSPS) is 11.8. The van der Waals surface area contributed by atoms with Crippen molar-refractivity contribution in [3.8, 4) is 0 Å². The van der Waals surface area contributed by atoms with Crippen molar-refractivity contribution in [2.75, 3.05) is 6.61 Å². The Morgan fingerprint density at radius 3 is 2.67 bits per heavy atom. The molecule has 0 amide bonds. The summed E-state index contributed by atoms with van der Waals surface area (Å²) < 4.78 is 7.01. The first-order valence-electron chi connectivity index (χ1n) is 7.38. The summed E-state index contributed by atoms with van der Waals surface area (Å²) >= 11 is 0. The third-order valence-electron chi connectivity index (χ3n) is 3.29. The zero-order valence-corrected chi connectivity index (χ0v) is 13.3. The van der Waals surface area contributed by atoms with Crippen molar-refractivity contribution in [3.63, 3.8) is 0 Å². The van der Waals surface area contributed by atoms with Crippen molar-refractivity contribution in [1.82, 2.24) is 9.88 Å². The van der Waals surface area contributed by atoms with E-state index in [1.54, 1.807) is 0 Å². The fraction of sp³-hybridized carbons (Fsp3) is 0.471. The molecule has 4 heteroatoms. The first-order valence-corrected chi connectivity index (χ1v) is 7.38. The van der Waals surface area contributed by atoms with Gasteiger partial charge in [0.2, 0.25) is 0 Å². The highest BCUT2D eigenvalue weighted by atomic mass is 16.5. The van der Waals surface area contributed by atoms with Gasteiger partial charge in [-0.2, -0.15) is 0 Å². The first kappa shape index (κ1) is 15.6. The molecular weight excluding hydrogens is 264 g/mol. The third kappa shape index (κ3) is 4.08. The third-order valence-corrected chi connectivity index (χ3v) is 3.29. The summed E-state index contributed by atoms with van der Waals surface area (Å²) in [5.74, 6) is -0.200. The fourth-order valence-electron chi connectivity index (χ4n) is 2.30. The van der Waals surface area contributed by atoms with Crippen molar-refractivity contribution in [2.24, 2.45) is 0 Å². The van der Waals surface area contributed by atoms with Gasteiger partial charge in [-0.05, 0) is 39.3 Å². The summed E-state index contributed by atoms with van der Waals surface area (Å²) in [4.78, 5) is 11.7. The van der Waals surface area contributed by atoms with Gasteiger partial charge in [-0.25, -0.2) is 0 Å². The Morgan fingerprint density at radius 2 is 2.00 bits per heavy atom. The highest BCUT2D eigenvalue weighted by Gasteiger charge is 2.14. The molecule has 1 aromatic heterocycles. The van der Waals surface area contributed by atoms with Gasteiger partial charge in [-0.15, -0.1) is 0 Å². The quantitative estimate of drug-likeness (QED) is 0.860. The topological polar surface area (TPSA) is 43.3 Å². The number of carbonyl (C=O) groups excluding carboxylic acids is 1. The van der Waals surface area contributed by atoms with E-state index in [0.717, 1.165) is 12.1 Å². The fourth-order valence-corrected chi connectivity index (χ4v) is 2.30. The van der Waals surface area contributed by atoms with Gasteiger partial charge < -0.3 is 14.6 Å². The zero-order chi connectivity index (χ0) is 15.5. The maximum absolute atomic E-state index is 11.7. The number of aromatic nitrogens is 1. The van der Waals surface area contributed by atoms with Crippen LogP contribution in [0.2, 0.25) is 0 Å². The molecule has 114 valence electrons. The minimum atomic E-state index is -0.200. The molecule has 0 spiro atoms. The lowest BCUT2D eigenvalue weighted by molar-refractivity contribution is -0.143. The number of carbonyl (C=O) groups is 1. The largest absolute Gasteiger partial charge is 0.465 e. The molecule has 0 saturated carbocycles. The predicted molar refractivity (Wildman–Crippen MR) is 85.2 cm³/mol. The molecule has 0 atom stereocenters. The molecule has 1 N–H and O–H groups in total. The van der Waals surface area contributed by atoms with Crippen molar-refractivity contribution >= 4 is 16.9 Å². The van der Waals surface area contributed by atoms with E-state index in [2.05, 4.69) is 32.2 Å². The maximum atomic E-state index is 11.7. The molecule has 0 aliphatic carbocycles. The average molecular weight is 288 g/mol. The van der Waals surface area contributed by atoms with E-state index in [9.17, 15) is 4.79 Å². The highest BCUT2D eigenvalue weighted by molar-refractivity contribution is 5.85. The van der Waals surface area contributed by atoms with Gasteiger partial charge in [0, 0.05) is 29.2 Å². The molecular formula is C17H24N2O2. The van der Waals surface area contributed by atoms with Crippen molar-refractivity contribution < 1.29 is 9.53 Å². The van der Waals surface area contributed by atoms with Gasteiger partial charge >= 0.3 is 5.97 Å². The molecule has 0 aliphatic rings. The van der Waals surface area contributed by atoms with E-state index >= 15 is 0 Å². The van der Waals surface area contributed by atoms with E-state index in [4.69, 9.17) is 4.74 Å². The second kappa shape index (κ2) is 6.31. The van der Waals surface area contributed by atoms with Crippen molar-refractivity contribution in [1.29, 1.82) is 0 Å². The lowest BCUT2D eigenvalue weighted by atomic mass is 10.1. The molecule has 0 bridgehead atoms. The second-order valence-corrected chi connectivity index (χ2v) is 6.21. The van der Waals surface area contributed by atoms with E-state index < -0.39 is 0 Å². The summed E-state index contributed by atoms with van der Waals surface area (Å²) in [6.07, 6.45) is 2.04. The lowest BCUT2D eigenvalue weighted by Gasteiger charge is -2.20. The number of hydrogen-bond acceptors (Lipinski definition) is 3. The number of fused-ring (bicyclic) bond motifs is 1. The van der Waals surface area contributed by atoms with Crippen LogP contribution in [-0.2, 0) is 22.6 Å². The summed E-state index contributed by atoms with van der Waals surface area (Å²) in [6.45, 7) is 9.70. The smallest absolute Gasteiger partial charge is 0.325 e. The van der Waals surface area contributed by atoms with Crippen molar-refractivity contribution in [3.05, 3.63) is 36.0 Å². The lowest BCUT2D eigenvalue weighted by Crippen LogP contribution is -2.35. The number of hydrogen-bond donors (Lipinski definition) is 1. The van der Waals surface area contributed by atoms with Crippen LogP contribution in [-0.4, -0.2) is 22.7 Å². The van der Waals surface area contributed by atoms with Crippen LogP contribution in [0.25, 0.3) is 10.9 Å². The first-order chi connectivity index (χ1) is 9.90. The second-order valence-electron chi connectivity index (χ2n) is 6.21.